The molecule has 0 amide bonds. The minimum Gasteiger partial charge on any atom is -0.393 e. The third kappa shape index (κ3) is 3.38. The van der Waals surface area contributed by atoms with Gasteiger partial charge in [-0.3, -0.25) is 4.98 Å². The van der Waals surface area contributed by atoms with Crippen molar-refractivity contribution in [2.45, 2.75) is 45.6 Å². The molecule has 2 aromatic heterocycles. The molecule has 0 aliphatic carbocycles. The zero-order valence-electron chi connectivity index (χ0n) is 11.3. The maximum atomic E-state index is 9.75. The van der Waals surface area contributed by atoms with E-state index in [0.717, 1.165) is 30.4 Å². The van der Waals surface area contributed by atoms with Crippen LogP contribution in [-0.4, -0.2) is 26.3 Å². The minimum absolute atomic E-state index is 0.410. The monoisotopic (exact) mass is 261 g/mol. The van der Waals surface area contributed by atoms with E-state index in [1.54, 1.807) is 6.20 Å². The van der Waals surface area contributed by atoms with Gasteiger partial charge in [0.25, 0.3) is 0 Å². The first kappa shape index (κ1) is 13.7. The molecule has 19 heavy (non-hydrogen) atoms. The molecule has 0 bridgehead atoms. The normalized spacial score (nSPS) is 12.6. The predicted octanol–water partition coefficient (Wildman–Crippen LogP) is 2.40. The zero-order chi connectivity index (χ0) is 13.7. The van der Waals surface area contributed by atoms with E-state index < -0.39 is 6.10 Å². The lowest BCUT2D eigenvalue weighted by molar-refractivity contribution is 0.152. The Morgan fingerprint density at radius 3 is 2.95 bits per heavy atom. The van der Waals surface area contributed by atoms with Crippen molar-refractivity contribution >= 4 is 0 Å². The van der Waals surface area contributed by atoms with Crippen LogP contribution in [0.4, 0.5) is 0 Å². The molecule has 2 rings (SSSR count). The highest BCUT2D eigenvalue weighted by Gasteiger charge is 2.14. The minimum atomic E-state index is -0.415. The molecule has 0 aliphatic rings. The van der Waals surface area contributed by atoms with E-state index in [0.29, 0.717) is 18.1 Å². The lowest BCUT2D eigenvalue weighted by Gasteiger charge is -2.04. The molecule has 1 atom stereocenters. The lowest BCUT2D eigenvalue weighted by Crippen LogP contribution is -2.09. The number of aryl methyl sites for hydroxylation is 1. The van der Waals surface area contributed by atoms with Gasteiger partial charge >= 0.3 is 0 Å². The van der Waals surface area contributed by atoms with Gasteiger partial charge in [0.05, 0.1) is 12.5 Å². The van der Waals surface area contributed by atoms with Gasteiger partial charge in [0.1, 0.15) is 0 Å². The quantitative estimate of drug-likeness (QED) is 0.864. The van der Waals surface area contributed by atoms with E-state index in [-0.39, 0.29) is 0 Å². The maximum absolute atomic E-state index is 9.75. The molecule has 0 spiro atoms. The van der Waals surface area contributed by atoms with Crippen molar-refractivity contribution in [1.29, 1.82) is 0 Å². The SMILES string of the molecule is CCCC(O)Cc1nc(-c2ccncc2CC)no1. The molecule has 102 valence electrons. The fraction of sp³-hybridized carbons (Fsp3) is 0.500. The number of aliphatic hydroxyl groups is 1. The predicted molar refractivity (Wildman–Crippen MR) is 71.5 cm³/mol. The third-order valence-corrected chi connectivity index (χ3v) is 3.03. The van der Waals surface area contributed by atoms with E-state index in [1.165, 1.54) is 0 Å². The number of pyridine rings is 1. The number of aliphatic hydroxyl groups excluding tert-OH is 1. The average Bonchev–Trinajstić information content (AvgIpc) is 2.87. The summed E-state index contributed by atoms with van der Waals surface area (Å²) in [6, 6.07) is 1.88. The summed E-state index contributed by atoms with van der Waals surface area (Å²) in [6.07, 6.45) is 6.08. The second kappa shape index (κ2) is 6.43. The van der Waals surface area contributed by atoms with E-state index >= 15 is 0 Å². The molecule has 0 aliphatic heterocycles. The van der Waals surface area contributed by atoms with Gasteiger partial charge in [-0.15, -0.1) is 0 Å². The lowest BCUT2D eigenvalue weighted by atomic mass is 10.1. The number of aromatic nitrogens is 3. The molecular weight excluding hydrogens is 242 g/mol. The largest absolute Gasteiger partial charge is 0.393 e. The van der Waals surface area contributed by atoms with Crippen molar-refractivity contribution in [2.24, 2.45) is 0 Å². The van der Waals surface area contributed by atoms with Gasteiger partial charge in [0.15, 0.2) is 0 Å². The smallest absolute Gasteiger partial charge is 0.229 e. The van der Waals surface area contributed by atoms with Crippen LogP contribution in [0.3, 0.4) is 0 Å². The summed E-state index contributed by atoms with van der Waals surface area (Å²) >= 11 is 0. The first-order chi connectivity index (χ1) is 9.24. The summed E-state index contributed by atoms with van der Waals surface area (Å²) in [7, 11) is 0. The van der Waals surface area contributed by atoms with E-state index in [2.05, 4.69) is 22.0 Å². The van der Waals surface area contributed by atoms with Crippen LogP contribution in [0, 0.1) is 0 Å². The fourth-order valence-corrected chi connectivity index (χ4v) is 2.01. The highest BCUT2D eigenvalue weighted by molar-refractivity contribution is 5.58. The molecular formula is C14H19N3O2. The Morgan fingerprint density at radius 1 is 1.37 bits per heavy atom. The van der Waals surface area contributed by atoms with Gasteiger partial charge in [-0.2, -0.15) is 4.98 Å². The molecule has 0 radical (unpaired) electrons. The van der Waals surface area contributed by atoms with Crippen molar-refractivity contribution in [2.75, 3.05) is 0 Å². The summed E-state index contributed by atoms with van der Waals surface area (Å²) in [5.41, 5.74) is 2.03. The number of rotatable bonds is 6. The Labute approximate surface area is 112 Å². The molecule has 5 nitrogen and oxygen atoms in total. The van der Waals surface area contributed by atoms with Crippen molar-refractivity contribution in [3.63, 3.8) is 0 Å². The van der Waals surface area contributed by atoms with E-state index in [9.17, 15) is 5.11 Å². The van der Waals surface area contributed by atoms with Gasteiger partial charge in [0.2, 0.25) is 11.7 Å². The molecule has 0 fully saturated rings. The molecule has 2 heterocycles. The molecule has 2 aromatic rings. The summed E-state index contributed by atoms with van der Waals surface area (Å²) in [4.78, 5) is 8.44. The Hall–Kier alpha value is -1.75. The average molecular weight is 261 g/mol. The van der Waals surface area contributed by atoms with Crippen LogP contribution in [-0.2, 0) is 12.8 Å². The van der Waals surface area contributed by atoms with Gasteiger partial charge in [-0.1, -0.05) is 25.4 Å². The number of hydrogen-bond donors (Lipinski definition) is 1. The molecule has 1 N–H and O–H groups in total. The molecule has 5 heteroatoms. The topological polar surface area (TPSA) is 72.0 Å². The molecule has 0 saturated heterocycles. The van der Waals surface area contributed by atoms with Crippen LogP contribution in [0.15, 0.2) is 23.0 Å². The summed E-state index contributed by atoms with van der Waals surface area (Å²) in [5, 5.41) is 13.7. The van der Waals surface area contributed by atoms with Crippen molar-refractivity contribution < 1.29 is 9.63 Å². The summed E-state index contributed by atoms with van der Waals surface area (Å²) < 4.78 is 5.19. The number of nitrogens with zero attached hydrogens (tertiary/aromatic N) is 3. The molecule has 0 aromatic carbocycles. The second-order valence-corrected chi connectivity index (χ2v) is 4.54. The van der Waals surface area contributed by atoms with Crippen molar-refractivity contribution in [3.8, 4) is 11.4 Å². The Balaban J connectivity index is 2.16. The fourth-order valence-electron chi connectivity index (χ4n) is 2.01. The highest BCUT2D eigenvalue weighted by atomic mass is 16.5. The van der Waals surface area contributed by atoms with Crippen molar-refractivity contribution in [1.82, 2.24) is 15.1 Å². The second-order valence-electron chi connectivity index (χ2n) is 4.54. The molecule has 1 unspecified atom stereocenters. The third-order valence-electron chi connectivity index (χ3n) is 3.03. The van der Waals surface area contributed by atoms with E-state index in [4.69, 9.17) is 4.52 Å². The number of hydrogen-bond acceptors (Lipinski definition) is 5. The van der Waals surface area contributed by atoms with Gasteiger partial charge in [0, 0.05) is 18.0 Å². The summed E-state index contributed by atoms with van der Waals surface area (Å²) in [5.74, 6) is 1.05. The first-order valence-electron chi connectivity index (χ1n) is 6.68. The van der Waals surface area contributed by atoms with Gasteiger partial charge < -0.3 is 9.63 Å². The zero-order valence-corrected chi connectivity index (χ0v) is 11.3. The summed E-state index contributed by atoms with van der Waals surface area (Å²) in [6.45, 7) is 4.10. The highest BCUT2D eigenvalue weighted by Crippen LogP contribution is 2.20. The Bertz CT molecular complexity index is 525. The van der Waals surface area contributed by atoms with Crippen LogP contribution >= 0.6 is 0 Å². The van der Waals surface area contributed by atoms with Crippen LogP contribution in [0.25, 0.3) is 11.4 Å². The van der Waals surface area contributed by atoms with Crippen LogP contribution in [0.2, 0.25) is 0 Å². The van der Waals surface area contributed by atoms with Gasteiger partial charge in [-0.05, 0) is 24.5 Å². The first-order valence-corrected chi connectivity index (χ1v) is 6.68. The van der Waals surface area contributed by atoms with Crippen molar-refractivity contribution in [3.05, 3.63) is 29.9 Å². The van der Waals surface area contributed by atoms with Crippen LogP contribution in [0.5, 0.6) is 0 Å². The van der Waals surface area contributed by atoms with Crippen LogP contribution < -0.4 is 0 Å². The Morgan fingerprint density at radius 2 is 2.21 bits per heavy atom. The van der Waals surface area contributed by atoms with E-state index in [1.807, 2.05) is 19.2 Å². The maximum Gasteiger partial charge on any atom is 0.229 e. The Kier molecular flexibility index (Phi) is 4.63. The van der Waals surface area contributed by atoms with Gasteiger partial charge in [-0.25, -0.2) is 0 Å². The van der Waals surface area contributed by atoms with Crippen LogP contribution in [0.1, 0.15) is 38.1 Å². The standard InChI is InChI=1S/C14H19N3O2/c1-3-5-11(18)8-13-16-14(17-19-13)12-6-7-15-9-10(12)4-2/h6-7,9,11,18H,3-5,8H2,1-2H3. The molecule has 0 saturated carbocycles.